The maximum absolute atomic E-state index is 12.9. The Balaban J connectivity index is 1.42. The Morgan fingerprint density at radius 2 is 1.38 bits per heavy atom. The van der Waals surface area contributed by atoms with Gasteiger partial charge in [0, 0.05) is 6.54 Å². The Kier molecular flexibility index (Phi) is 6.15. The van der Waals surface area contributed by atoms with Crippen molar-refractivity contribution in [1.82, 2.24) is 5.32 Å². The smallest absolute Gasteiger partial charge is 0.224 e. The molecular formula is C23H22FNO. The van der Waals surface area contributed by atoms with Gasteiger partial charge >= 0.3 is 0 Å². The van der Waals surface area contributed by atoms with E-state index in [0.717, 1.165) is 29.5 Å². The quantitative estimate of drug-likeness (QED) is 0.612. The van der Waals surface area contributed by atoms with Crippen LogP contribution in [-0.2, 0) is 17.6 Å². The second kappa shape index (κ2) is 8.95. The van der Waals surface area contributed by atoms with E-state index in [1.807, 2.05) is 42.5 Å². The molecule has 132 valence electrons. The highest BCUT2D eigenvalue weighted by Crippen LogP contribution is 2.19. The number of rotatable bonds is 7. The lowest BCUT2D eigenvalue weighted by atomic mass is 10.0. The SMILES string of the molecule is O=C(Cc1ccc(-c2ccccc2)cc1)NCCCc1ccc(F)cc1. The van der Waals surface area contributed by atoms with Gasteiger partial charge in [-0.3, -0.25) is 4.79 Å². The van der Waals surface area contributed by atoms with Gasteiger partial charge in [0.05, 0.1) is 6.42 Å². The number of aryl methyl sites for hydroxylation is 1. The summed E-state index contributed by atoms with van der Waals surface area (Å²) in [4.78, 5) is 12.1. The zero-order valence-electron chi connectivity index (χ0n) is 14.6. The molecule has 0 unspecified atom stereocenters. The molecule has 2 nitrogen and oxygen atoms in total. The minimum Gasteiger partial charge on any atom is -0.356 e. The van der Waals surface area contributed by atoms with E-state index < -0.39 is 0 Å². The van der Waals surface area contributed by atoms with Crippen molar-refractivity contribution in [3.8, 4) is 11.1 Å². The topological polar surface area (TPSA) is 29.1 Å². The summed E-state index contributed by atoms with van der Waals surface area (Å²) in [5.74, 6) is -0.197. The van der Waals surface area contributed by atoms with Crippen LogP contribution >= 0.6 is 0 Å². The molecule has 3 heteroatoms. The van der Waals surface area contributed by atoms with E-state index in [1.165, 1.54) is 17.7 Å². The highest BCUT2D eigenvalue weighted by Gasteiger charge is 2.04. The maximum atomic E-state index is 12.9. The third kappa shape index (κ3) is 5.28. The van der Waals surface area contributed by atoms with Gasteiger partial charge in [0.25, 0.3) is 0 Å². The van der Waals surface area contributed by atoms with Crippen molar-refractivity contribution in [2.24, 2.45) is 0 Å². The van der Waals surface area contributed by atoms with Crippen LogP contribution in [0.5, 0.6) is 0 Å². The Bertz CT molecular complexity index is 826. The van der Waals surface area contributed by atoms with Crippen molar-refractivity contribution < 1.29 is 9.18 Å². The maximum Gasteiger partial charge on any atom is 0.224 e. The Labute approximate surface area is 153 Å². The van der Waals surface area contributed by atoms with E-state index in [0.29, 0.717) is 13.0 Å². The number of halogens is 1. The van der Waals surface area contributed by atoms with Gasteiger partial charge in [-0.25, -0.2) is 4.39 Å². The Morgan fingerprint density at radius 1 is 0.769 bits per heavy atom. The molecule has 0 fully saturated rings. The van der Waals surface area contributed by atoms with Crippen LogP contribution < -0.4 is 5.32 Å². The summed E-state index contributed by atoms with van der Waals surface area (Å²) < 4.78 is 12.9. The molecule has 3 rings (SSSR count). The predicted molar refractivity (Wildman–Crippen MR) is 103 cm³/mol. The van der Waals surface area contributed by atoms with Gasteiger partial charge in [-0.1, -0.05) is 66.7 Å². The first kappa shape index (κ1) is 17.9. The largest absolute Gasteiger partial charge is 0.356 e. The number of hydrogen-bond acceptors (Lipinski definition) is 1. The number of hydrogen-bond donors (Lipinski definition) is 1. The number of carbonyl (C=O) groups is 1. The summed E-state index contributed by atoms with van der Waals surface area (Å²) in [6, 6.07) is 24.8. The molecule has 0 saturated carbocycles. The summed E-state index contributed by atoms with van der Waals surface area (Å²) in [6.45, 7) is 0.623. The van der Waals surface area contributed by atoms with Gasteiger partial charge < -0.3 is 5.32 Å². The summed E-state index contributed by atoms with van der Waals surface area (Å²) >= 11 is 0. The minimum atomic E-state index is -0.222. The van der Waals surface area contributed by atoms with Crippen molar-refractivity contribution in [2.75, 3.05) is 6.54 Å². The molecule has 0 aliphatic heterocycles. The molecule has 0 aliphatic rings. The van der Waals surface area contributed by atoms with Gasteiger partial charge in [-0.2, -0.15) is 0 Å². The molecule has 0 saturated heterocycles. The third-order valence-electron chi connectivity index (χ3n) is 4.30. The second-order valence-corrected chi connectivity index (χ2v) is 6.32. The first-order chi connectivity index (χ1) is 12.7. The molecule has 3 aromatic carbocycles. The van der Waals surface area contributed by atoms with Crippen LogP contribution in [0.2, 0.25) is 0 Å². The molecule has 3 aromatic rings. The van der Waals surface area contributed by atoms with Crippen molar-refractivity contribution in [2.45, 2.75) is 19.3 Å². The van der Waals surface area contributed by atoms with Crippen LogP contribution in [0.15, 0.2) is 78.9 Å². The normalized spacial score (nSPS) is 10.5. The van der Waals surface area contributed by atoms with Crippen molar-refractivity contribution in [1.29, 1.82) is 0 Å². The van der Waals surface area contributed by atoms with Crippen LogP contribution in [0, 0.1) is 5.82 Å². The fourth-order valence-corrected chi connectivity index (χ4v) is 2.86. The molecule has 0 spiro atoms. The number of nitrogens with one attached hydrogen (secondary N) is 1. The molecule has 0 aliphatic carbocycles. The minimum absolute atomic E-state index is 0.0246. The first-order valence-electron chi connectivity index (χ1n) is 8.86. The lowest BCUT2D eigenvalue weighted by molar-refractivity contribution is -0.120. The van der Waals surface area contributed by atoms with E-state index in [4.69, 9.17) is 0 Å². The lowest BCUT2D eigenvalue weighted by Crippen LogP contribution is -2.26. The van der Waals surface area contributed by atoms with Crippen LogP contribution in [0.25, 0.3) is 11.1 Å². The van der Waals surface area contributed by atoms with Gasteiger partial charge in [0.15, 0.2) is 0 Å². The van der Waals surface area contributed by atoms with E-state index in [1.54, 1.807) is 12.1 Å². The first-order valence-corrected chi connectivity index (χ1v) is 8.86. The molecule has 1 amide bonds. The molecule has 26 heavy (non-hydrogen) atoms. The second-order valence-electron chi connectivity index (χ2n) is 6.32. The van der Waals surface area contributed by atoms with Gasteiger partial charge in [-0.15, -0.1) is 0 Å². The third-order valence-corrected chi connectivity index (χ3v) is 4.30. The predicted octanol–water partition coefficient (Wildman–Crippen LogP) is 4.78. The Hall–Kier alpha value is -2.94. The average molecular weight is 347 g/mol. The number of amides is 1. The molecular weight excluding hydrogens is 325 g/mol. The fraction of sp³-hybridized carbons (Fsp3) is 0.174. The van der Waals surface area contributed by atoms with Crippen molar-refractivity contribution >= 4 is 5.91 Å². The molecule has 0 heterocycles. The molecule has 1 N–H and O–H groups in total. The van der Waals surface area contributed by atoms with Crippen LogP contribution in [-0.4, -0.2) is 12.5 Å². The van der Waals surface area contributed by atoms with Crippen LogP contribution in [0.4, 0.5) is 4.39 Å². The van der Waals surface area contributed by atoms with Crippen LogP contribution in [0.1, 0.15) is 17.5 Å². The summed E-state index contributed by atoms with van der Waals surface area (Å²) in [7, 11) is 0. The zero-order chi connectivity index (χ0) is 18.2. The Morgan fingerprint density at radius 3 is 2.08 bits per heavy atom. The highest BCUT2D eigenvalue weighted by atomic mass is 19.1. The van der Waals surface area contributed by atoms with E-state index in [2.05, 4.69) is 17.4 Å². The standard InChI is InChI=1S/C23H22FNO/c24-22-14-10-18(11-15-22)5-4-16-25-23(26)17-19-8-12-21(13-9-19)20-6-2-1-3-7-20/h1-3,6-15H,4-5,16-17H2,(H,25,26). The highest BCUT2D eigenvalue weighted by molar-refractivity contribution is 5.78. The van der Waals surface area contributed by atoms with E-state index in [9.17, 15) is 9.18 Å². The van der Waals surface area contributed by atoms with E-state index in [-0.39, 0.29) is 11.7 Å². The molecule has 0 radical (unpaired) electrons. The lowest BCUT2D eigenvalue weighted by Gasteiger charge is -2.07. The van der Waals surface area contributed by atoms with Gasteiger partial charge in [0.1, 0.15) is 5.82 Å². The summed E-state index contributed by atoms with van der Waals surface area (Å²) in [5, 5.41) is 2.95. The summed E-state index contributed by atoms with van der Waals surface area (Å²) in [6.07, 6.45) is 2.04. The van der Waals surface area contributed by atoms with Gasteiger partial charge in [-0.05, 0) is 47.2 Å². The van der Waals surface area contributed by atoms with Crippen molar-refractivity contribution in [3.63, 3.8) is 0 Å². The summed E-state index contributed by atoms with van der Waals surface area (Å²) in [5.41, 5.74) is 4.40. The fourth-order valence-electron chi connectivity index (χ4n) is 2.86. The monoisotopic (exact) mass is 347 g/mol. The average Bonchev–Trinajstić information content (AvgIpc) is 2.68. The van der Waals surface area contributed by atoms with Crippen molar-refractivity contribution in [3.05, 3.63) is 95.8 Å². The van der Waals surface area contributed by atoms with Crippen LogP contribution in [0.3, 0.4) is 0 Å². The molecule has 0 atom stereocenters. The molecule has 0 aromatic heterocycles. The number of benzene rings is 3. The molecule has 0 bridgehead atoms. The van der Waals surface area contributed by atoms with Gasteiger partial charge in [0.2, 0.25) is 5.91 Å². The zero-order valence-corrected chi connectivity index (χ0v) is 14.6. The van der Waals surface area contributed by atoms with E-state index >= 15 is 0 Å². The number of carbonyl (C=O) groups excluding carboxylic acids is 1.